The molecular formula is C13H27NO. The van der Waals surface area contributed by atoms with E-state index in [1.807, 2.05) is 0 Å². The first-order valence-electron chi connectivity index (χ1n) is 6.35. The molecule has 0 spiro atoms. The van der Waals surface area contributed by atoms with Crippen LogP contribution in [0.25, 0.3) is 0 Å². The van der Waals surface area contributed by atoms with Crippen molar-refractivity contribution in [3.63, 3.8) is 0 Å². The molecule has 0 heterocycles. The Hall–Kier alpha value is -0.0800. The molecule has 1 atom stereocenters. The predicted octanol–water partition coefficient (Wildman–Crippen LogP) is 3.10. The van der Waals surface area contributed by atoms with Crippen molar-refractivity contribution in [2.24, 2.45) is 11.1 Å². The summed E-state index contributed by atoms with van der Waals surface area (Å²) < 4.78 is 5.99. The zero-order valence-electron chi connectivity index (χ0n) is 10.8. The molecule has 0 radical (unpaired) electrons. The van der Waals surface area contributed by atoms with E-state index in [-0.39, 0.29) is 11.6 Å². The van der Waals surface area contributed by atoms with Gasteiger partial charge >= 0.3 is 0 Å². The molecule has 1 aliphatic rings. The maximum atomic E-state index is 6.23. The number of hydrogen-bond donors (Lipinski definition) is 1. The van der Waals surface area contributed by atoms with Gasteiger partial charge in [-0.3, -0.25) is 0 Å². The van der Waals surface area contributed by atoms with Gasteiger partial charge in [0.25, 0.3) is 0 Å². The summed E-state index contributed by atoms with van der Waals surface area (Å²) in [5, 5.41) is 0. The van der Waals surface area contributed by atoms with Crippen molar-refractivity contribution in [2.45, 2.75) is 71.4 Å². The topological polar surface area (TPSA) is 35.2 Å². The number of hydrogen-bond acceptors (Lipinski definition) is 2. The van der Waals surface area contributed by atoms with E-state index in [4.69, 9.17) is 10.5 Å². The Morgan fingerprint density at radius 3 is 2.07 bits per heavy atom. The van der Waals surface area contributed by atoms with E-state index in [2.05, 4.69) is 27.7 Å². The van der Waals surface area contributed by atoms with Crippen LogP contribution in [0.1, 0.15) is 59.8 Å². The van der Waals surface area contributed by atoms with Gasteiger partial charge in [-0.1, -0.05) is 20.8 Å². The quantitative estimate of drug-likeness (QED) is 0.779. The molecule has 0 aromatic carbocycles. The summed E-state index contributed by atoms with van der Waals surface area (Å²) in [6.07, 6.45) is 5.74. The normalized spacial score (nSPS) is 26.2. The highest BCUT2D eigenvalue weighted by Gasteiger charge is 2.42. The molecule has 0 unspecified atom stereocenters. The Balaban J connectivity index is 2.68. The second kappa shape index (κ2) is 4.84. The minimum Gasteiger partial charge on any atom is -0.374 e. The van der Waals surface area contributed by atoms with Crippen LogP contribution in [0.3, 0.4) is 0 Å². The average Bonchev–Trinajstić information content (AvgIpc) is 2.21. The fraction of sp³-hybridized carbons (Fsp3) is 1.00. The standard InChI is InChI=1S/C13H27NO/c1-5-11(14)13(15-6-2)9-7-12(3,4)8-10-13/h11H,5-10,14H2,1-4H3/t11-/m0/s1. The Bertz CT molecular complexity index is 191. The fourth-order valence-electron chi connectivity index (χ4n) is 2.63. The molecule has 0 aliphatic heterocycles. The van der Waals surface area contributed by atoms with Crippen LogP contribution in [0.15, 0.2) is 0 Å². The molecule has 1 saturated carbocycles. The molecular weight excluding hydrogens is 186 g/mol. The van der Waals surface area contributed by atoms with Crippen LogP contribution in [0.4, 0.5) is 0 Å². The smallest absolute Gasteiger partial charge is 0.0832 e. The van der Waals surface area contributed by atoms with Crippen LogP contribution in [-0.2, 0) is 4.74 Å². The minimum atomic E-state index is -0.0288. The highest BCUT2D eigenvalue weighted by Crippen LogP contribution is 2.43. The van der Waals surface area contributed by atoms with Crippen molar-refractivity contribution in [3.8, 4) is 0 Å². The summed E-state index contributed by atoms with van der Waals surface area (Å²) in [5.74, 6) is 0. The Morgan fingerprint density at radius 1 is 1.13 bits per heavy atom. The number of ether oxygens (including phenoxy) is 1. The van der Waals surface area contributed by atoms with Crippen molar-refractivity contribution in [2.75, 3.05) is 6.61 Å². The Labute approximate surface area is 94.6 Å². The third-order valence-electron chi connectivity index (χ3n) is 4.00. The van der Waals surface area contributed by atoms with E-state index in [1.54, 1.807) is 0 Å². The van der Waals surface area contributed by atoms with E-state index in [0.717, 1.165) is 25.9 Å². The van der Waals surface area contributed by atoms with Crippen molar-refractivity contribution in [3.05, 3.63) is 0 Å². The van der Waals surface area contributed by atoms with Gasteiger partial charge in [0, 0.05) is 12.6 Å². The third kappa shape index (κ3) is 2.94. The average molecular weight is 213 g/mol. The van der Waals surface area contributed by atoms with Crippen LogP contribution in [0.5, 0.6) is 0 Å². The largest absolute Gasteiger partial charge is 0.374 e. The summed E-state index contributed by atoms with van der Waals surface area (Å²) in [5.41, 5.74) is 6.68. The summed E-state index contributed by atoms with van der Waals surface area (Å²) in [6.45, 7) is 9.71. The first-order valence-corrected chi connectivity index (χ1v) is 6.35. The third-order valence-corrected chi connectivity index (χ3v) is 4.00. The summed E-state index contributed by atoms with van der Waals surface area (Å²) >= 11 is 0. The lowest BCUT2D eigenvalue weighted by Crippen LogP contribution is -2.52. The predicted molar refractivity (Wildman–Crippen MR) is 64.9 cm³/mol. The van der Waals surface area contributed by atoms with E-state index in [9.17, 15) is 0 Å². The first-order chi connectivity index (χ1) is 6.96. The summed E-state index contributed by atoms with van der Waals surface area (Å²) in [6, 6.07) is 0.202. The molecule has 90 valence electrons. The van der Waals surface area contributed by atoms with Gasteiger partial charge in [0.1, 0.15) is 0 Å². The molecule has 15 heavy (non-hydrogen) atoms. The molecule has 2 heteroatoms. The maximum Gasteiger partial charge on any atom is 0.0832 e. The van der Waals surface area contributed by atoms with E-state index in [0.29, 0.717) is 5.41 Å². The second-order valence-electron chi connectivity index (χ2n) is 5.68. The molecule has 1 fully saturated rings. The summed E-state index contributed by atoms with van der Waals surface area (Å²) in [7, 11) is 0. The van der Waals surface area contributed by atoms with Gasteiger partial charge in [-0.15, -0.1) is 0 Å². The fourth-order valence-corrected chi connectivity index (χ4v) is 2.63. The van der Waals surface area contributed by atoms with E-state index < -0.39 is 0 Å². The van der Waals surface area contributed by atoms with E-state index >= 15 is 0 Å². The molecule has 0 bridgehead atoms. The van der Waals surface area contributed by atoms with Gasteiger partial charge in [0.2, 0.25) is 0 Å². The number of nitrogens with two attached hydrogens (primary N) is 1. The lowest BCUT2D eigenvalue weighted by atomic mass is 9.68. The molecule has 0 amide bonds. The molecule has 0 aromatic rings. The van der Waals surface area contributed by atoms with E-state index in [1.165, 1.54) is 12.8 Å². The zero-order chi connectivity index (χ0) is 11.5. The Kier molecular flexibility index (Phi) is 4.19. The molecule has 0 aromatic heterocycles. The highest BCUT2D eigenvalue weighted by molar-refractivity contribution is 4.97. The van der Waals surface area contributed by atoms with Crippen LogP contribution in [0, 0.1) is 5.41 Å². The van der Waals surface area contributed by atoms with Gasteiger partial charge in [0.15, 0.2) is 0 Å². The van der Waals surface area contributed by atoms with Crippen LogP contribution < -0.4 is 5.73 Å². The monoisotopic (exact) mass is 213 g/mol. The molecule has 2 N–H and O–H groups in total. The molecule has 1 aliphatic carbocycles. The van der Waals surface area contributed by atoms with Gasteiger partial charge in [-0.25, -0.2) is 0 Å². The number of rotatable bonds is 4. The van der Waals surface area contributed by atoms with Gasteiger partial charge in [-0.2, -0.15) is 0 Å². The highest BCUT2D eigenvalue weighted by atomic mass is 16.5. The van der Waals surface area contributed by atoms with Crippen LogP contribution >= 0.6 is 0 Å². The van der Waals surface area contributed by atoms with Crippen molar-refractivity contribution in [1.29, 1.82) is 0 Å². The maximum absolute atomic E-state index is 6.23. The van der Waals surface area contributed by atoms with Crippen molar-refractivity contribution >= 4 is 0 Å². The van der Waals surface area contributed by atoms with Crippen molar-refractivity contribution in [1.82, 2.24) is 0 Å². The van der Waals surface area contributed by atoms with Crippen molar-refractivity contribution < 1.29 is 4.74 Å². The van der Waals surface area contributed by atoms with Crippen LogP contribution in [-0.4, -0.2) is 18.2 Å². The first kappa shape index (κ1) is 13.0. The zero-order valence-corrected chi connectivity index (χ0v) is 10.8. The second-order valence-corrected chi connectivity index (χ2v) is 5.68. The Morgan fingerprint density at radius 2 is 1.67 bits per heavy atom. The van der Waals surface area contributed by atoms with Gasteiger partial charge in [-0.05, 0) is 44.4 Å². The lowest BCUT2D eigenvalue weighted by molar-refractivity contribution is -0.0994. The van der Waals surface area contributed by atoms with Gasteiger partial charge in [0.05, 0.1) is 5.60 Å². The summed E-state index contributed by atoms with van der Waals surface area (Å²) in [4.78, 5) is 0. The lowest BCUT2D eigenvalue weighted by Gasteiger charge is -2.46. The molecule has 0 saturated heterocycles. The van der Waals surface area contributed by atoms with Crippen LogP contribution in [0.2, 0.25) is 0 Å². The molecule has 2 nitrogen and oxygen atoms in total. The SMILES string of the molecule is CCOC1([C@@H](N)CC)CCC(C)(C)CC1. The minimum absolute atomic E-state index is 0.0288. The van der Waals surface area contributed by atoms with Gasteiger partial charge < -0.3 is 10.5 Å². The molecule has 1 rings (SSSR count).